The first kappa shape index (κ1) is 40.7. The second kappa shape index (κ2) is 25.3. The van der Waals surface area contributed by atoms with Crippen LogP contribution in [0.5, 0.6) is 17.2 Å². The molecular formula is C45H65BNO3+. The number of aromatic nitrogens is 1. The minimum Gasteiger partial charge on any atom is -0.497 e. The van der Waals surface area contributed by atoms with E-state index in [4.69, 9.17) is 14.2 Å². The summed E-state index contributed by atoms with van der Waals surface area (Å²) in [5.41, 5.74) is 4.14. The SMILES string of the molecule is CCCCCCCCCCCCC(B(Cc1ccc(OC)cc1)Cc1ccc(OC)cc1)c1ccc(OC)cc1.CCCC[n+]1ccccc1. The van der Waals surface area contributed by atoms with Gasteiger partial charge >= 0.3 is 0 Å². The van der Waals surface area contributed by atoms with Crippen molar-refractivity contribution < 1.29 is 18.8 Å². The van der Waals surface area contributed by atoms with E-state index in [-0.39, 0.29) is 0 Å². The number of unbranched alkanes of at least 4 members (excludes halogenated alkanes) is 10. The lowest BCUT2D eigenvalue weighted by atomic mass is 9.34. The van der Waals surface area contributed by atoms with Gasteiger partial charge in [-0.05, 0) is 54.9 Å². The average molecular weight is 679 g/mol. The molecule has 1 aromatic heterocycles. The summed E-state index contributed by atoms with van der Waals surface area (Å²) in [6.45, 7) is 6.13. The molecule has 0 radical (unpaired) electrons. The number of methoxy groups -OCH3 is 3. The number of hydrogen-bond donors (Lipinski definition) is 0. The Kier molecular flexibility index (Phi) is 20.6. The number of benzene rings is 3. The summed E-state index contributed by atoms with van der Waals surface area (Å²) in [5, 5.41) is 0. The van der Waals surface area contributed by atoms with Gasteiger partial charge in [0.2, 0.25) is 0 Å². The summed E-state index contributed by atoms with van der Waals surface area (Å²) < 4.78 is 18.5. The fourth-order valence-corrected chi connectivity index (χ4v) is 6.79. The molecule has 4 aromatic rings. The molecule has 3 aromatic carbocycles. The first-order chi connectivity index (χ1) is 24.6. The zero-order valence-corrected chi connectivity index (χ0v) is 32.0. The van der Waals surface area contributed by atoms with Crippen molar-refractivity contribution in [3.8, 4) is 17.2 Å². The van der Waals surface area contributed by atoms with E-state index in [0.29, 0.717) is 12.5 Å². The second-order valence-corrected chi connectivity index (χ2v) is 13.7. The number of pyridine rings is 1. The van der Waals surface area contributed by atoms with Crippen LogP contribution in [0.1, 0.15) is 120 Å². The smallest absolute Gasteiger partial charge is 0.168 e. The molecule has 50 heavy (non-hydrogen) atoms. The van der Waals surface area contributed by atoms with Crippen LogP contribution in [0.4, 0.5) is 0 Å². The van der Waals surface area contributed by atoms with E-state index in [1.165, 1.54) is 100 Å². The second-order valence-electron chi connectivity index (χ2n) is 13.7. The molecule has 0 aliphatic heterocycles. The van der Waals surface area contributed by atoms with E-state index in [1.807, 2.05) is 6.07 Å². The highest BCUT2D eigenvalue weighted by atomic mass is 16.5. The van der Waals surface area contributed by atoms with Gasteiger partial charge in [0, 0.05) is 18.6 Å². The Morgan fingerprint density at radius 2 is 0.920 bits per heavy atom. The summed E-state index contributed by atoms with van der Waals surface area (Å²) >= 11 is 0. The van der Waals surface area contributed by atoms with Crippen LogP contribution >= 0.6 is 0 Å². The van der Waals surface area contributed by atoms with Crippen LogP contribution in [-0.2, 0) is 19.2 Å². The molecule has 270 valence electrons. The highest BCUT2D eigenvalue weighted by Crippen LogP contribution is 2.31. The maximum Gasteiger partial charge on any atom is 0.168 e. The molecule has 5 heteroatoms. The standard InChI is InChI=1S/C36H51BO3.C9H14N/c1-5-6-7-8-9-10-11-12-13-14-15-36(32-20-26-35(40-4)27-21-32)37(28-30-16-22-33(38-2)23-17-30)29-31-18-24-34(39-3)25-19-31;1-2-3-7-10-8-5-4-6-9-10/h16-27,36H,5-15,28-29H2,1-4H3;4-6,8-9H,2-3,7H2,1H3/q;+1. The lowest BCUT2D eigenvalue weighted by Crippen LogP contribution is -2.31. The van der Waals surface area contributed by atoms with Crippen LogP contribution < -0.4 is 18.8 Å². The number of nitrogens with zero attached hydrogens (tertiary/aromatic N) is 1. The molecule has 1 atom stereocenters. The Hall–Kier alpha value is -3.73. The van der Waals surface area contributed by atoms with E-state index in [0.717, 1.165) is 36.4 Å². The molecule has 4 rings (SSSR count). The van der Waals surface area contributed by atoms with Crippen LogP contribution in [0, 0.1) is 0 Å². The fourth-order valence-electron chi connectivity index (χ4n) is 6.79. The largest absolute Gasteiger partial charge is 0.497 e. The minimum absolute atomic E-state index is 0.476. The van der Waals surface area contributed by atoms with E-state index >= 15 is 0 Å². The van der Waals surface area contributed by atoms with Crippen molar-refractivity contribution in [1.82, 2.24) is 0 Å². The van der Waals surface area contributed by atoms with E-state index in [9.17, 15) is 0 Å². The van der Waals surface area contributed by atoms with Crippen molar-refractivity contribution in [2.75, 3.05) is 21.3 Å². The zero-order chi connectivity index (χ0) is 35.7. The normalized spacial score (nSPS) is 11.3. The van der Waals surface area contributed by atoms with Crippen molar-refractivity contribution >= 4 is 6.71 Å². The van der Waals surface area contributed by atoms with Crippen LogP contribution in [-0.4, -0.2) is 28.0 Å². The summed E-state index contributed by atoms with van der Waals surface area (Å²) in [6.07, 6.45) is 23.7. The van der Waals surface area contributed by atoms with Gasteiger partial charge in [0.15, 0.2) is 19.1 Å². The lowest BCUT2D eigenvalue weighted by Gasteiger charge is -2.26. The Labute approximate surface area is 305 Å². The third kappa shape index (κ3) is 15.9. The molecule has 4 nitrogen and oxygen atoms in total. The molecule has 0 bridgehead atoms. The number of hydrogen-bond acceptors (Lipinski definition) is 3. The van der Waals surface area contributed by atoms with Crippen molar-refractivity contribution in [3.05, 3.63) is 120 Å². The van der Waals surface area contributed by atoms with Gasteiger partial charge < -0.3 is 14.2 Å². The fraction of sp³-hybridized carbons (Fsp3) is 0.489. The molecule has 0 amide bonds. The van der Waals surface area contributed by atoms with Gasteiger partial charge in [-0.2, -0.15) is 0 Å². The Bertz CT molecular complexity index is 1330. The monoisotopic (exact) mass is 679 g/mol. The molecule has 1 heterocycles. The third-order valence-corrected chi connectivity index (χ3v) is 9.84. The number of ether oxygens (including phenoxy) is 3. The van der Waals surface area contributed by atoms with E-state index < -0.39 is 0 Å². The molecule has 0 saturated carbocycles. The Morgan fingerprint density at radius 3 is 1.36 bits per heavy atom. The molecule has 0 saturated heterocycles. The molecule has 0 aliphatic rings. The van der Waals surface area contributed by atoms with Crippen molar-refractivity contribution in [2.24, 2.45) is 0 Å². The zero-order valence-electron chi connectivity index (χ0n) is 32.0. The lowest BCUT2D eigenvalue weighted by molar-refractivity contribution is -0.697. The topological polar surface area (TPSA) is 31.6 Å². The minimum atomic E-state index is 0.476. The molecule has 1 unspecified atom stereocenters. The summed E-state index contributed by atoms with van der Waals surface area (Å²) in [5.74, 6) is 3.22. The molecule has 0 aliphatic carbocycles. The van der Waals surface area contributed by atoms with Gasteiger partial charge in [0.05, 0.1) is 21.3 Å². The van der Waals surface area contributed by atoms with Gasteiger partial charge in [-0.3, -0.25) is 0 Å². The Morgan fingerprint density at radius 1 is 0.500 bits per heavy atom. The highest BCUT2D eigenvalue weighted by molar-refractivity contribution is 6.59. The van der Waals surface area contributed by atoms with Crippen LogP contribution in [0.3, 0.4) is 0 Å². The predicted molar refractivity (Wildman–Crippen MR) is 213 cm³/mol. The van der Waals surface area contributed by atoms with Gasteiger partial charge in [-0.1, -0.05) is 150 Å². The van der Waals surface area contributed by atoms with Gasteiger partial charge in [-0.15, -0.1) is 0 Å². The summed E-state index contributed by atoms with van der Waals surface area (Å²) in [7, 11) is 5.20. The average Bonchev–Trinajstić information content (AvgIpc) is 3.17. The summed E-state index contributed by atoms with van der Waals surface area (Å²) in [6, 6.07) is 32.3. The molecular weight excluding hydrogens is 613 g/mol. The maximum atomic E-state index is 5.49. The third-order valence-electron chi connectivity index (χ3n) is 9.84. The van der Waals surface area contributed by atoms with Crippen LogP contribution in [0.25, 0.3) is 0 Å². The van der Waals surface area contributed by atoms with Crippen molar-refractivity contribution in [2.45, 2.75) is 122 Å². The molecule has 0 fully saturated rings. The maximum absolute atomic E-state index is 5.49. The van der Waals surface area contributed by atoms with Gasteiger partial charge in [0.25, 0.3) is 0 Å². The van der Waals surface area contributed by atoms with Crippen molar-refractivity contribution in [1.29, 1.82) is 0 Å². The highest BCUT2D eigenvalue weighted by Gasteiger charge is 2.27. The van der Waals surface area contributed by atoms with Crippen molar-refractivity contribution in [3.63, 3.8) is 0 Å². The van der Waals surface area contributed by atoms with Crippen LogP contribution in [0.2, 0.25) is 0 Å². The van der Waals surface area contributed by atoms with E-state index in [1.54, 1.807) is 21.3 Å². The quantitative estimate of drug-likeness (QED) is 0.0445. The molecule has 0 N–H and O–H groups in total. The van der Waals surface area contributed by atoms with Gasteiger partial charge in [0.1, 0.15) is 23.8 Å². The number of aryl methyl sites for hydroxylation is 1. The first-order valence-electron chi connectivity index (χ1n) is 19.4. The van der Waals surface area contributed by atoms with E-state index in [2.05, 4.69) is 116 Å². The predicted octanol–water partition coefficient (Wildman–Crippen LogP) is 11.5. The summed E-state index contributed by atoms with van der Waals surface area (Å²) in [4.78, 5) is 0. The number of rotatable bonds is 23. The van der Waals surface area contributed by atoms with Crippen LogP contribution in [0.15, 0.2) is 103 Å². The Balaban J connectivity index is 0.000000578. The first-order valence-corrected chi connectivity index (χ1v) is 19.4. The van der Waals surface area contributed by atoms with Gasteiger partial charge in [-0.25, -0.2) is 4.57 Å². The molecule has 0 spiro atoms.